The van der Waals surface area contributed by atoms with Crippen molar-refractivity contribution in [3.63, 3.8) is 0 Å². The average molecular weight is 461 g/mol. The minimum absolute atomic E-state index is 0.0820. The lowest BCUT2D eigenvalue weighted by Gasteiger charge is -2.07. The Bertz CT molecular complexity index is 912. The predicted octanol–water partition coefficient (Wildman–Crippen LogP) is 5.77. The van der Waals surface area contributed by atoms with Crippen LogP contribution in [-0.4, -0.2) is 24.1 Å². The largest absolute Gasteiger partial charge is 0.494 e. The van der Waals surface area contributed by atoms with Crippen molar-refractivity contribution in [1.82, 2.24) is 4.98 Å². The van der Waals surface area contributed by atoms with E-state index in [-0.39, 0.29) is 12.5 Å². The van der Waals surface area contributed by atoms with Crippen LogP contribution in [0.25, 0.3) is 11.3 Å². The van der Waals surface area contributed by atoms with E-state index in [9.17, 15) is 4.79 Å². The van der Waals surface area contributed by atoms with Crippen molar-refractivity contribution >= 4 is 38.3 Å². The number of nitrogens with one attached hydrogen (secondary N) is 1. The van der Waals surface area contributed by atoms with Crippen LogP contribution in [0.3, 0.4) is 0 Å². The van der Waals surface area contributed by atoms with E-state index in [1.54, 1.807) is 6.07 Å². The number of unbranched alkanes of at least 4 members (excludes halogenated alkanes) is 1. The van der Waals surface area contributed by atoms with E-state index >= 15 is 0 Å². The highest BCUT2D eigenvalue weighted by Gasteiger charge is 2.10. The van der Waals surface area contributed by atoms with Gasteiger partial charge in [0.05, 0.1) is 16.8 Å². The van der Waals surface area contributed by atoms with Crippen LogP contribution in [0.5, 0.6) is 11.5 Å². The molecule has 0 aliphatic heterocycles. The normalized spacial score (nSPS) is 10.5. The van der Waals surface area contributed by atoms with Gasteiger partial charge in [-0.15, -0.1) is 11.3 Å². The molecule has 1 aromatic heterocycles. The van der Waals surface area contributed by atoms with E-state index < -0.39 is 0 Å². The van der Waals surface area contributed by atoms with Crippen LogP contribution in [0, 0.1) is 0 Å². The number of nitrogens with zero attached hydrogens (tertiary/aromatic N) is 1. The zero-order chi connectivity index (χ0) is 19.8. The fourth-order valence-electron chi connectivity index (χ4n) is 2.38. The van der Waals surface area contributed by atoms with Gasteiger partial charge in [0, 0.05) is 10.9 Å². The number of para-hydroxylation sites is 1. The molecule has 0 saturated heterocycles. The summed E-state index contributed by atoms with van der Waals surface area (Å²) in [6.45, 7) is 2.78. The third-order valence-corrected chi connectivity index (χ3v) is 5.28. The van der Waals surface area contributed by atoms with Gasteiger partial charge >= 0.3 is 0 Å². The molecular weight excluding hydrogens is 440 g/mol. The summed E-state index contributed by atoms with van der Waals surface area (Å²) in [6.07, 6.45) is 2.15. The summed E-state index contributed by atoms with van der Waals surface area (Å²) in [5, 5.41) is 5.23. The molecule has 0 fully saturated rings. The van der Waals surface area contributed by atoms with Gasteiger partial charge in [-0.3, -0.25) is 10.1 Å². The minimum atomic E-state index is -0.253. The van der Waals surface area contributed by atoms with Gasteiger partial charge in [0.2, 0.25) is 0 Å². The van der Waals surface area contributed by atoms with E-state index in [4.69, 9.17) is 9.47 Å². The molecule has 0 bridgehead atoms. The zero-order valence-electron chi connectivity index (χ0n) is 15.5. The molecule has 0 saturated carbocycles. The number of carbonyl (C=O) groups excluding carboxylic acids is 1. The molecule has 3 rings (SSSR count). The molecule has 5 nitrogen and oxygen atoms in total. The van der Waals surface area contributed by atoms with E-state index in [1.165, 1.54) is 11.3 Å². The number of thiazole rings is 1. The lowest BCUT2D eigenvalue weighted by Crippen LogP contribution is -2.20. The van der Waals surface area contributed by atoms with E-state index in [0.717, 1.165) is 40.9 Å². The molecule has 0 unspecified atom stereocenters. The van der Waals surface area contributed by atoms with Gasteiger partial charge in [0.25, 0.3) is 5.91 Å². The SMILES string of the molecule is CCCCOc1ccc(-c2csc(NC(=O)COc3ccccc3Br)n2)cc1. The zero-order valence-corrected chi connectivity index (χ0v) is 17.9. The smallest absolute Gasteiger partial charge is 0.264 e. The van der Waals surface area contributed by atoms with Gasteiger partial charge < -0.3 is 9.47 Å². The molecule has 0 aliphatic carbocycles. The van der Waals surface area contributed by atoms with Crippen molar-refractivity contribution in [2.24, 2.45) is 0 Å². The van der Waals surface area contributed by atoms with Crippen LogP contribution >= 0.6 is 27.3 Å². The molecule has 3 aromatic rings. The summed E-state index contributed by atoms with van der Waals surface area (Å²) in [4.78, 5) is 16.6. The van der Waals surface area contributed by atoms with Crippen molar-refractivity contribution < 1.29 is 14.3 Å². The van der Waals surface area contributed by atoms with E-state index in [0.29, 0.717) is 10.9 Å². The second-order valence-electron chi connectivity index (χ2n) is 6.03. The highest BCUT2D eigenvalue weighted by molar-refractivity contribution is 9.10. The lowest BCUT2D eigenvalue weighted by atomic mass is 10.2. The summed E-state index contributed by atoms with van der Waals surface area (Å²) in [7, 11) is 0. The standard InChI is InChI=1S/C21H21BrN2O3S/c1-2-3-12-26-16-10-8-15(9-11-16)18-14-28-21(23-18)24-20(25)13-27-19-7-5-4-6-17(19)22/h4-11,14H,2-3,12-13H2,1H3,(H,23,24,25). The number of anilines is 1. The monoisotopic (exact) mass is 460 g/mol. The Labute approximate surface area is 176 Å². The average Bonchev–Trinajstić information content (AvgIpc) is 3.16. The Morgan fingerprint density at radius 2 is 1.93 bits per heavy atom. The number of halogens is 1. The number of ether oxygens (including phenoxy) is 2. The van der Waals surface area contributed by atoms with Gasteiger partial charge in [-0.2, -0.15) is 0 Å². The fraction of sp³-hybridized carbons (Fsp3) is 0.238. The fourth-order valence-corrected chi connectivity index (χ4v) is 3.52. The molecule has 1 amide bonds. The van der Waals surface area contributed by atoms with Crippen LogP contribution in [0.15, 0.2) is 58.4 Å². The van der Waals surface area contributed by atoms with Gasteiger partial charge in [0.1, 0.15) is 11.5 Å². The summed E-state index contributed by atoms with van der Waals surface area (Å²) < 4.78 is 12.0. The molecule has 2 aromatic carbocycles. The molecule has 0 radical (unpaired) electrons. The van der Waals surface area contributed by atoms with Crippen LogP contribution in [0.4, 0.5) is 5.13 Å². The van der Waals surface area contributed by atoms with Crippen LogP contribution in [-0.2, 0) is 4.79 Å². The molecular formula is C21H21BrN2O3S. The molecule has 28 heavy (non-hydrogen) atoms. The molecule has 1 N–H and O–H groups in total. The second-order valence-corrected chi connectivity index (χ2v) is 7.74. The Kier molecular flexibility index (Phi) is 7.45. The van der Waals surface area contributed by atoms with Crippen molar-refractivity contribution in [3.8, 4) is 22.8 Å². The number of rotatable bonds is 9. The highest BCUT2D eigenvalue weighted by Crippen LogP contribution is 2.27. The predicted molar refractivity (Wildman–Crippen MR) is 116 cm³/mol. The lowest BCUT2D eigenvalue weighted by molar-refractivity contribution is -0.118. The van der Waals surface area contributed by atoms with Gasteiger partial charge in [-0.05, 0) is 58.7 Å². The van der Waals surface area contributed by atoms with Crippen molar-refractivity contribution in [2.45, 2.75) is 19.8 Å². The Balaban J connectivity index is 1.53. The third-order valence-electron chi connectivity index (χ3n) is 3.86. The summed E-state index contributed by atoms with van der Waals surface area (Å²) in [5.41, 5.74) is 1.79. The third kappa shape index (κ3) is 5.81. The summed E-state index contributed by atoms with van der Waals surface area (Å²) in [6, 6.07) is 15.2. The molecule has 0 spiro atoms. The van der Waals surface area contributed by atoms with Gasteiger partial charge in [0.15, 0.2) is 11.7 Å². The summed E-state index contributed by atoms with van der Waals surface area (Å²) in [5.74, 6) is 1.22. The highest BCUT2D eigenvalue weighted by atomic mass is 79.9. The molecule has 1 heterocycles. The van der Waals surface area contributed by atoms with E-state index in [2.05, 4.69) is 33.2 Å². The van der Waals surface area contributed by atoms with Crippen LogP contribution in [0.1, 0.15) is 19.8 Å². The first-order valence-electron chi connectivity index (χ1n) is 9.01. The number of hydrogen-bond acceptors (Lipinski definition) is 5. The number of amides is 1. The Hall–Kier alpha value is -2.38. The topological polar surface area (TPSA) is 60.5 Å². The molecule has 0 aliphatic rings. The Morgan fingerprint density at radius 1 is 1.14 bits per heavy atom. The molecule has 146 valence electrons. The maximum atomic E-state index is 12.1. The number of benzene rings is 2. The first-order chi connectivity index (χ1) is 13.7. The quantitative estimate of drug-likeness (QED) is 0.411. The van der Waals surface area contributed by atoms with Crippen LogP contribution in [0.2, 0.25) is 0 Å². The van der Waals surface area contributed by atoms with E-state index in [1.807, 2.05) is 47.8 Å². The van der Waals surface area contributed by atoms with Crippen molar-refractivity contribution in [3.05, 3.63) is 58.4 Å². The first kappa shape index (κ1) is 20.4. The second kappa shape index (κ2) is 10.2. The van der Waals surface area contributed by atoms with Crippen molar-refractivity contribution in [2.75, 3.05) is 18.5 Å². The number of carbonyl (C=O) groups is 1. The van der Waals surface area contributed by atoms with Gasteiger partial charge in [-0.1, -0.05) is 25.5 Å². The maximum Gasteiger partial charge on any atom is 0.264 e. The molecule has 0 atom stereocenters. The van der Waals surface area contributed by atoms with Crippen molar-refractivity contribution in [1.29, 1.82) is 0 Å². The summed E-state index contributed by atoms with van der Waals surface area (Å²) >= 11 is 4.77. The number of aromatic nitrogens is 1. The Morgan fingerprint density at radius 3 is 2.68 bits per heavy atom. The van der Waals surface area contributed by atoms with Gasteiger partial charge in [-0.25, -0.2) is 4.98 Å². The first-order valence-corrected chi connectivity index (χ1v) is 10.7. The molecule has 7 heteroatoms. The number of hydrogen-bond donors (Lipinski definition) is 1. The van der Waals surface area contributed by atoms with Crippen LogP contribution < -0.4 is 14.8 Å². The minimum Gasteiger partial charge on any atom is -0.494 e. The maximum absolute atomic E-state index is 12.1.